The molecule has 19 heavy (non-hydrogen) atoms. The number of hydrogen-bond acceptors (Lipinski definition) is 3. The molecule has 2 atom stereocenters. The highest BCUT2D eigenvalue weighted by Gasteiger charge is 2.25. The molecule has 106 valence electrons. The van der Waals surface area contributed by atoms with Gasteiger partial charge in [0, 0.05) is 29.7 Å². The second-order valence-corrected chi connectivity index (χ2v) is 6.21. The third kappa shape index (κ3) is 3.50. The van der Waals surface area contributed by atoms with Crippen molar-refractivity contribution in [1.82, 2.24) is 0 Å². The molecule has 4 heteroatoms. The van der Waals surface area contributed by atoms with Crippen LogP contribution in [0.2, 0.25) is 0 Å². The molecular weight excluding hydrogens is 304 g/mol. The molecule has 1 aliphatic heterocycles. The van der Waals surface area contributed by atoms with Crippen LogP contribution >= 0.6 is 15.9 Å². The van der Waals surface area contributed by atoms with Crippen molar-refractivity contribution in [1.29, 1.82) is 0 Å². The van der Waals surface area contributed by atoms with Gasteiger partial charge in [0.25, 0.3) is 0 Å². The lowest BCUT2D eigenvalue weighted by Gasteiger charge is -2.28. The van der Waals surface area contributed by atoms with Crippen LogP contribution in [-0.2, 0) is 0 Å². The van der Waals surface area contributed by atoms with E-state index in [0.29, 0.717) is 6.04 Å². The molecule has 1 aromatic rings. The zero-order valence-electron chi connectivity index (χ0n) is 11.5. The summed E-state index contributed by atoms with van der Waals surface area (Å²) in [5.41, 5.74) is 8.33. The summed E-state index contributed by atoms with van der Waals surface area (Å²) in [7, 11) is 0. The number of aliphatic hydroxyl groups is 1. The number of nitrogens with zero attached hydrogens (tertiary/aromatic N) is 1. The molecule has 3 N–H and O–H groups in total. The monoisotopic (exact) mass is 326 g/mol. The van der Waals surface area contributed by atoms with Crippen LogP contribution in [0.15, 0.2) is 22.7 Å². The Labute approximate surface area is 123 Å². The Balaban J connectivity index is 2.16. The molecule has 1 saturated heterocycles. The summed E-state index contributed by atoms with van der Waals surface area (Å²) in [4.78, 5) is 2.46. The van der Waals surface area contributed by atoms with E-state index < -0.39 is 0 Å². The fourth-order valence-electron chi connectivity index (χ4n) is 2.82. The Bertz CT molecular complexity index is 423. The summed E-state index contributed by atoms with van der Waals surface area (Å²) in [5.74, 6) is 0. The van der Waals surface area contributed by atoms with E-state index in [0.717, 1.165) is 29.4 Å². The molecule has 1 heterocycles. The quantitative estimate of drug-likeness (QED) is 0.873. The van der Waals surface area contributed by atoms with Crippen molar-refractivity contribution >= 4 is 21.6 Å². The van der Waals surface area contributed by atoms with Gasteiger partial charge in [-0.1, -0.05) is 6.07 Å². The van der Waals surface area contributed by atoms with Gasteiger partial charge >= 0.3 is 0 Å². The predicted molar refractivity (Wildman–Crippen MR) is 83.4 cm³/mol. The molecule has 0 radical (unpaired) electrons. The highest BCUT2D eigenvalue weighted by molar-refractivity contribution is 9.10. The maximum atomic E-state index is 8.99. The van der Waals surface area contributed by atoms with Gasteiger partial charge in [-0.25, -0.2) is 0 Å². The molecule has 3 nitrogen and oxygen atoms in total. The van der Waals surface area contributed by atoms with Crippen LogP contribution in [0, 0.1) is 0 Å². The van der Waals surface area contributed by atoms with Crippen molar-refractivity contribution in [2.45, 2.75) is 44.7 Å². The largest absolute Gasteiger partial charge is 0.396 e. The second kappa shape index (κ2) is 6.73. The van der Waals surface area contributed by atoms with Gasteiger partial charge in [0.1, 0.15) is 0 Å². The van der Waals surface area contributed by atoms with Gasteiger partial charge in [-0.05, 0) is 66.2 Å². The lowest BCUT2D eigenvalue weighted by Crippen LogP contribution is -2.29. The zero-order chi connectivity index (χ0) is 13.8. The summed E-state index contributed by atoms with van der Waals surface area (Å²) in [6, 6.07) is 7.03. The normalized spacial score (nSPS) is 20.8. The third-order valence-electron chi connectivity index (χ3n) is 3.88. The molecule has 2 unspecified atom stereocenters. The van der Waals surface area contributed by atoms with Crippen LogP contribution in [0.1, 0.15) is 44.2 Å². The Kier molecular flexibility index (Phi) is 5.25. The van der Waals surface area contributed by atoms with Gasteiger partial charge in [0.15, 0.2) is 0 Å². The molecule has 1 aliphatic rings. The molecule has 1 aromatic carbocycles. The average Bonchev–Trinajstić information content (AvgIpc) is 2.84. The molecule has 0 saturated carbocycles. The topological polar surface area (TPSA) is 49.5 Å². The maximum Gasteiger partial charge on any atom is 0.0513 e. The van der Waals surface area contributed by atoms with Crippen LogP contribution in [0.3, 0.4) is 0 Å². The first kappa shape index (κ1) is 14.8. The number of halogens is 1. The average molecular weight is 327 g/mol. The molecular formula is C15H23BrN2O. The zero-order valence-corrected chi connectivity index (χ0v) is 13.1. The van der Waals surface area contributed by atoms with Crippen LogP contribution in [0.25, 0.3) is 0 Å². The Morgan fingerprint density at radius 1 is 1.53 bits per heavy atom. The molecule has 1 fully saturated rings. The van der Waals surface area contributed by atoms with E-state index in [1.165, 1.54) is 18.5 Å². The first-order valence-corrected chi connectivity index (χ1v) is 7.85. The molecule has 0 spiro atoms. The number of anilines is 1. The Hall–Kier alpha value is -0.580. The molecule has 0 amide bonds. The van der Waals surface area contributed by atoms with Gasteiger partial charge in [0.05, 0.1) is 5.69 Å². The van der Waals surface area contributed by atoms with Crippen LogP contribution in [0.4, 0.5) is 5.69 Å². The fourth-order valence-corrected chi connectivity index (χ4v) is 3.44. The highest BCUT2D eigenvalue weighted by atomic mass is 79.9. The smallest absolute Gasteiger partial charge is 0.0513 e. The van der Waals surface area contributed by atoms with E-state index in [1.807, 2.05) is 6.92 Å². The molecule has 0 bridgehead atoms. The van der Waals surface area contributed by atoms with Crippen molar-refractivity contribution in [3.63, 3.8) is 0 Å². The summed E-state index contributed by atoms with van der Waals surface area (Å²) < 4.78 is 1.12. The van der Waals surface area contributed by atoms with Crippen molar-refractivity contribution in [2.24, 2.45) is 5.73 Å². The highest BCUT2D eigenvalue weighted by Crippen LogP contribution is 2.34. The molecule has 0 aliphatic carbocycles. The summed E-state index contributed by atoms with van der Waals surface area (Å²) in [6.45, 7) is 3.39. The lowest BCUT2D eigenvalue weighted by molar-refractivity contribution is 0.279. The van der Waals surface area contributed by atoms with Gasteiger partial charge < -0.3 is 15.7 Å². The number of rotatable bonds is 5. The molecule has 2 rings (SSSR count). The summed E-state index contributed by atoms with van der Waals surface area (Å²) in [6.07, 6.45) is 4.41. The number of nitrogens with two attached hydrogens (primary N) is 1. The van der Waals surface area contributed by atoms with E-state index in [-0.39, 0.29) is 12.6 Å². The minimum absolute atomic E-state index is 0.0640. The maximum absolute atomic E-state index is 8.99. The van der Waals surface area contributed by atoms with Crippen LogP contribution in [0.5, 0.6) is 0 Å². The van der Waals surface area contributed by atoms with Crippen molar-refractivity contribution in [3.8, 4) is 0 Å². The first-order valence-electron chi connectivity index (χ1n) is 7.06. The van der Waals surface area contributed by atoms with E-state index >= 15 is 0 Å². The minimum atomic E-state index is 0.0640. The van der Waals surface area contributed by atoms with Crippen LogP contribution in [-0.4, -0.2) is 24.3 Å². The van der Waals surface area contributed by atoms with Crippen molar-refractivity contribution < 1.29 is 5.11 Å². The fraction of sp³-hybridized carbons (Fsp3) is 0.600. The third-order valence-corrected chi connectivity index (χ3v) is 4.51. The predicted octanol–water partition coefficient (Wildman–Crippen LogP) is 3.21. The van der Waals surface area contributed by atoms with E-state index in [1.54, 1.807) is 0 Å². The van der Waals surface area contributed by atoms with Gasteiger partial charge in [-0.15, -0.1) is 0 Å². The minimum Gasteiger partial charge on any atom is -0.396 e. The summed E-state index contributed by atoms with van der Waals surface area (Å²) in [5, 5.41) is 8.99. The number of benzene rings is 1. The Morgan fingerprint density at radius 2 is 2.32 bits per heavy atom. The first-order chi connectivity index (χ1) is 9.13. The van der Waals surface area contributed by atoms with Crippen LogP contribution < -0.4 is 10.6 Å². The second-order valence-electron chi connectivity index (χ2n) is 5.35. The van der Waals surface area contributed by atoms with Gasteiger partial charge in [0.2, 0.25) is 0 Å². The van der Waals surface area contributed by atoms with Crippen molar-refractivity contribution in [3.05, 3.63) is 28.2 Å². The van der Waals surface area contributed by atoms with Crippen molar-refractivity contribution in [2.75, 3.05) is 18.1 Å². The summed E-state index contributed by atoms with van der Waals surface area (Å²) >= 11 is 3.67. The standard InChI is InChI=1S/C15H23BrN2O/c1-11(17)12-6-7-15(14(16)10-12)18-8-2-4-13(18)5-3-9-19/h6-7,10-11,13,19H,2-5,8-9,17H2,1H3. The van der Waals surface area contributed by atoms with E-state index in [2.05, 4.69) is 39.0 Å². The van der Waals surface area contributed by atoms with Gasteiger partial charge in [-0.3, -0.25) is 0 Å². The lowest BCUT2D eigenvalue weighted by atomic mass is 10.1. The van der Waals surface area contributed by atoms with E-state index in [9.17, 15) is 0 Å². The molecule has 0 aromatic heterocycles. The number of aliphatic hydroxyl groups excluding tert-OH is 1. The van der Waals surface area contributed by atoms with Gasteiger partial charge in [-0.2, -0.15) is 0 Å². The number of hydrogen-bond donors (Lipinski definition) is 2. The SMILES string of the molecule is CC(N)c1ccc(N2CCCC2CCCO)c(Br)c1. The van der Waals surface area contributed by atoms with E-state index in [4.69, 9.17) is 10.8 Å². The Morgan fingerprint density at radius 3 is 2.95 bits per heavy atom.